The van der Waals surface area contributed by atoms with E-state index in [1.165, 1.54) is 12.1 Å². The maximum absolute atomic E-state index is 13.4. The van der Waals surface area contributed by atoms with Crippen LogP contribution in [0.15, 0.2) is 18.2 Å². The molecule has 1 heterocycles. The van der Waals surface area contributed by atoms with Crippen molar-refractivity contribution < 1.29 is 14.2 Å². The van der Waals surface area contributed by atoms with Crippen molar-refractivity contribution in [3.05, 3.63) is 29.6 Å². The Morgan fingerprint density at radius 1 is 1.40 bits per heavy atom. The van der Waals surface area contributed by atoms with Gasteiger partial charge in [-0.2, -0.15) is 0 Å². The van der Waals surface area contributed by atoms with E-state index in [4.69, 9.17) is 4.74 Å². The fraction of sp³-hybridized carbons (Fsp3) is 0.600. The molecule has 1 aromatic rings. The summed E-state index contributed by atoms with van der Waals surface area (Å²) in [5, 5.41) is 13.6. The quantitative estimate of drug-likeness (QED) is 0.831. The van der Waals surface area contributed by atoms with Gasteiger partial charge in [-0.1, -0.05) is 0 Å². The van der Waals surface area contributed by atoms with Crippen LogP contribution in [0.3, 0.4) is 0 Å². The number of nitrogens with one attached hydrogen (secondary N) is 1. The number of piperazine rings is 1. The molecule has 0 saturated carbocycles. The van der Waals surface area contributed by atoms with Gasteiger partial charge in [0.1, 0.15) is 11.6 Å². The van der Waals surface area contributed by atoms with Gasteiger partial charge in [0.15, 0.2) is 0 Å². The summed E-state index contributed by atoms with van der Waals surface area (Å²) in [6.45, 7) is 7.15. The molecule has 0 spiro atoms. The lowest BCUT2D eigenvalue weighted by molar-refractivity contribution is 0.133. The summed E-state index contributed by atoms with van der Waals surface area (Å²) in [5.41, 5.74) is 0.544. The Hall–Kier alpha value is -1.17. The van der Waals surface area contributed by atoms with Crippen molar-refractivity contribution in [1.29, 1.82) is 0 Å². The van der Waals surface area contributed by atoms with Gasteiger partial charge < -0.3 is 20.1 Å². The van der Waals surface area contributed by atoms with Crippen molar-refractivity contribution >= 4 is 0 Å². The highest BCUT2D eigenvalue weighted by molar-refractivity contribution is 5.35. The van der Waals surface area contributed by atoms with E-state index in [1.807, 2.05) is 6.92 Å². The molecular weight excluding hydrogens is 259 g/mol. The second-order valence-electron chi connectivity index (χ2n) is 5.01. The summed E-state index contributed by atoms with van der Waals surface area (Å²) in [5.74, 6) is 0.228. The molecule has 0 aromatic heterocycles. The molecule has 1 aromatic carbocycles. The molecule has 5 heteroatoms. The third-order valence-electron chi connectivity index (χ3n) is 3.56. The van der Waals surface area contributed by atoms with Crippen molar-refractivity contribution in [2.75, 3.05) is 39.3 Å². The van der Waals surface area contributed by atoms with E-state index in [0.717, 1.165) is 32.7 Å². The molecule has 1 aliphatic rings. The highest BCUT2D eigenvalue weighted by atomic mass is 19.1. The highest BCUT2D eigenvalue weighted by Gasteiger charge is 2.17. The Labute approximate surface area is 119 Å². The third kappa shape index (κ3) is 4.16. The Morgan fingerprint density at radius 2 is 2.15 bits per heavy atom. The molecule has 112 valence electrons. The largest absolute Gasteiger partial charge is 0.493 e. The van der Waals surface area contributed by atoms with Gasteiger partial charge >= 0.3 is 0 Å². The monoisotopic (exact) mass is 282 g/mol. The Bertz CT molecular complexity index is 422. The van der Waals surface area contributed by atoms with E-state index in [0.29, 0.717) is 24.3 Å². The van der Waals surface area contributed by atoms with Crippen LogP contribution in [0.2, 0.25) is 0 Å². The van der Waals surface area contributed by atoms with Crippen molar-refractivity contribution in [3.63, 3.8) is 0 Å². The minimum atomic E-state index is -0.692. The summed E-state index contributed by atoms with van der Waals surface area (Å²) in [7, 11) is 0. The average Bonchev–Trinajstić information content (AvgIpc) is 2.48. The number of aliphatic hydroxyl groups excluding tert-OH is 1. The first-order valence-electron chi connectivity index (χ1n) is 7.24. The summed E-state index contributed by atoms with van der Waals surface area (Å²) in [6.07, 6.45) is -0.106. The molecule has 0 radical (unpaired) electrons. The van der Waals surface area contributed by atoms with Crippen LogP contribution >= 0.6 is 0 Å². The van der Waals surface area contributed by atoms with Crippen LogP contribution in [0.25, 0.3) is 0 Å². The van der Waals surface area contributed by atoms with Crippen LogP contribution in [-0.2, 0) is 0 Å². The lowest BCUT2D eigenvalue weighted by Crippen LogP contribution is -2.44. The number of ether oxygens (including phenoxy) is 1. The molecule has 2 rings (SSSR count). The molecule has 20 heavy (non-hydrogen) atoms. The van der Waals surface area contributed by atoms with Crippen molar-refractivity contribution in [1.82, 2.24) is 10.2 Å². The van der Waals surface area contributed by atoms with Gasteiger partial charge in [-0.3, -0.25) is 0 Å². The SMILES string of the molecule is CCOc1ccc(F)cc1C(O)CCN1CCNCC1. The fourth-order valence-corrected chi connectivity index (χ4v) is 2.46. The first-order valence-corrected chi connectivity index (χ1v) is 7.24. The minimum Gasteiger partial charge on any atom is -0.493 e. The topological polar surface area (TPSA) is 44.7 Å². The van der Waals surface area contributed by atoms with Gasteiger partial charge in [0, 0.05) is 38.3 Å². The van der Waals surface area contributed by atoms with E-state index < -0.39 is 6.10 Å². The average molecular weight is 282 g/mol. The van der Waals surface area contributed by atoms with Crippen molar-refractivity contribution in [2.45, 2.75) is 19.4 Å². The third-order valence-corrected chi connectivity index (χ3v) is 3.56. The van der Waals surface area contributed by atoms with E-state index in [-0.39, 0.29) is 5.82 Å². The van der Waals surface area contributed by atoms with Crippen LogP contribution < -0.4 is 10.1 Å². The van der Waals surface area contributed by atoms with Gasteiger partial charge in [0.25, 0.3) is 0 Å². The zero-order valence-corrected chi connectivity index (χ0v) is 11.9. The standard InChI is InChI=1S/C15H23FN2O2/c1-2-20-15-4-3-12(16)11-13(15)14(19)5-8-18-9-6-17-7-10-18/h3-4,11,14,17,19H,2,5-10H2,1H3. The maximum atomic E-state index is 13.4. The van der Waals surface area contributed by atoms with E-state index in [9.17, 15) is 9.50 Å². The number of halogens is 1. The number of hydrogen-bond donors (Lipinski definition) is 2. The molecular formula is C15H23FN2O2. The number of nitrogens with zero attached hydrogens (tertiary/aromatic N) is 1. The van der Waals surface area contributed by atoms with Crippen LogP contribution in [0.4, 0.5) is 4.39 Å². The van der Waals surface area contributed by atoms with Gasteiger partial charge in [0.2, 0.25) is 0 Å². The zero-order chi connectivity index (χ0) is 14.4. The molecule has 1 fully saturated rings. The van der Waals surface area contributed by atoms with Crippen LogP contribution in [0.1, 0.15) is 25.0 Å². The first-order chi connectivity index (χ1) is 9.70. The summed E-state index contributed by atoms with van der Waals surface area (Å²) >= 11 is 0. The summed E-state index contributed by atoms with van der Waals surface area (Å²) < 4.78 is 18.8. The number of hydrogen-bond acceptors (Lipinski definition) is 4. The fourth-order valence-electron chi connectivity index (χ4n) is 2.46. The first kappa shape index (κ1) is 15.2. The predicted molar refractivity (Wildman–Crippen MR) is 76.5 cm³/mol. The van der Waals surface area contributed by atoms with E-state index >= 15 is 0 Å². The van der Waals surface area contributed by atoms with Gasteiger partial charge in [0.05, 0.1) is 12.7 Å². The Kier molecular flexibility index (Phi) is 5.76. The molecule has 1 atom stereocenters. The minimum absolute atomic E-state index is 0.343. The molecule has 2 N–H and O–H groups in total. The molecule has 0 bridgehead atoms. The van der Waals surface area contributed by atoms with Crippen LogP contribution in [0, 0.1) is 5.82 Å². The van der Waals surface area contributed by atoms with Crippen molar-refractivity contribution in [2.24, 2.45) is 0 Å². The smallest absolute Gasteiger partial charge is 0.125 e. The molecule has 4 nitrogen and oxygen atoms in total. The molecule has 0 amide bonds. The molecule has 1 unspecified atom stereocenters. The van der Waals surface area contributed by atoms with Crippen LogP contribution in [0.5, 0.6) is 5.75 Å². The predicted octanol–water partition coefficient (Wildman–Crippen LogP) is 1.55. The number of aliphatic hydroxyl groups is 1. The second-order valence-corrected chi connectivity index (χ2v) is 5.01. The van der Waals surface area contributed by atoms with Crippen LogP contribution in [-0.4, -0.2) is 49.3 Å². The van der Waals surface area contributed by atoms with E-state index in [1.54, 1.807) is 6.07 Å². The Morgan fingerprint density at radius 3 is 2.85 bits per heavy atom. The van der Waals surface area contributed by atoms with Crippen molar-refractivity contribution in [3.8, 4) is 5.75 Å². The maximum Gasteiger partial charge on any atom is 0.125 e. The normalized spacial score (nSPS) is 17.9. The molecule has 1 aliphatic heterocycles. The van der Waals surface area contributed by atoms with Gasteiger partial charge in [-0.25, -0.2) is 4.39 Å². The van der Waals surface area contributed by atoms with E-state index in [2.05, 4.69) is 10.2 Å². The molecule has 1 saturated heterocycles. The lowest BCUT2D eigenvalue weighted by atomic mass is 10.0. The number of rotatable bonds is 6. The summed E-state index contributed by atoms with van der Waals surface area (Å²) in [6, 6.07) is 4.31. The zero-order valence-electron chi connectivity index (χ0n) is 11.9. The lowest BCUT2D eigenvalue weighted by Gasteiger charge is -2.28. The highest BCUT2D eigenvalue weighted by Crippen LogP contribution is 2.28. The Balaban J connectivity index is 1.96. The molecule has 0 aliphatic carbocycles. The second kappa shape index (κ2) is 7.57. The number of benzene rings is 1. The summed E-state index contributed by atoms with van der Waals surface area (Å²) in [4.78, 5) is 2.30. The van der Waals surface area contributed by atoms with Gasteiger partial charge in [-0.05, 0) is 31.5 Å². The van der Waals surface area contributed by atoms with Gasteiger partial charge in [-0.15, -0.1) is 0 Å².